The second-order valence-corrected chi connectivity index (χ2v) is 5.79. The van der Waals surface area contributed by atoms with Gasteiger partial charge in [-0.3, -0.25) is 9.78 Å². The predicted octanol–water partition coefficient (Wildman–Crippen LogP) is 4.22. The van der Waals surface area contributed by atoms with E-state index in [1.165, 1.54) is 0 Å². The second-order valence-electron chi connectivity index (χ2n) is 5.35. The summed E-state index contributed by atoms with van der Waals surface area (Å²) in [6, 6.07) is 11.6. The van der Waals surface area contributed by atoms with Crippen molar-refractivity contribution >= 4 is 39.0 Å². The summed E-state index contributed by atoms with van der Waals surface area (Å²) < 4.78 is 0. The molecule has 0 aliphatic heterocycles. The van der Waals surface area contributed by atoms with Crippen molar-refractivity contribution in [1.82, 2.24) is 4.98 Å². The monoisotopic (exact) mass is 298 g/mol. The van der Waals surface area contributed by atoms with Crippen LogP contribution in [0.1, 0.15) is 13.8 Å². The van der Waals surface area contributed by atoms with Crippen LogP contribution < -0.4 is 10.7 Å². The number of anilines is 1. The van der Waals surface area contributed by atoms with E-state index in [9.17, 15) is 4.79 Å². The molecule has 0 unspecified atom stereocenters. The van der Waals surface area contributed by atoms with E-state index < -0.39 is 0 Å². The van der Waals surface area contributed by atoms with Crippen LogP contribution in [0, 0.1) is 0 Å². The Kier molecular flexibility index (Phi) is 3.52. The molecule has 0 amide bonds. The van der Waals surface area contributed by atoms with Crippen molar-refractivity contribution in [1.29, 1.82) is 0 Å². The molecule has 0 saturated carbocycles. The first-order valence-electron chi connectivity index (χ1n) is 6.83. The van der Waals surface area contributed by atoms with Crippen LogP contribution in [0.2, 0.25) is 5.02 Å². The fraction of sp³-hybridized carbons (Fsp3) is 0.176. The van der Waals surface area contributed by atoms with Crippen LogP contribution in [0.4, 0.5) is 5.69 Å². The smallest absolute Gasteiger partial charge is 0.195 e. The summed E-state index contributed by atoms with van der Waals surface area (Å²) in [6.07, 6.45) is 1.56. The Morgan fingerprint density at radius 2 is 1.86 bits per heavy atom. The Bertz CT molecular complexity index is 890. The normalized spacial score (nSPS) is 11.2. The Morgan fingerprint density at radius 1 is 1.10 bits per heavy atom. The van der Waals surface area contributed by atoms with Gasteiger partial charge in [-0.2, -0.15) is 0 Å². The summed E-state index contributed by atoms with van der Waals surface area (Å²) >= 11 is 5.97. The number of rotatable bonds is 2. The first kappa shape index (κ1) is 13.8. The van der Waals surface area contributed by atoms with Crippen molar-refractivity contribution in [3.8, 4) is 0 Å². The lowest BCUT2D eigenvalue weighted by atomic mass is 10.1. The molecule has 4 heteroatoms. The van der Waals surface area contributed by atoms with Gasteiger partial charge in [0.05, 0.1) is 10.5 Å². The minimum absolute atomic E-state index is 0.0487. The molecule has 3 nitrogen and oxygen atoms in total. The highest BCUT2D eigenvalue weighted by molar-refractivity contribution is 6.31. The number of nitrogens with one attached hydrogen (secondary N) is 1. The fourth-order valence-electron chi connectivity index (χ4n) is 2.40. The lowest BCUT2D eigenvalue weighted by molar-refractivity contribution is 0.900. The zero-order valence-corrected chi connectivity index (χ0v) is 12.6. The third-order valence-electron chi connectivity index (χ3n) is 3.30. The van der Waals surface area contributed by atoms with Crippen LogP contribution in [0.15, 0.2) is 47.4 Å². The molecule has 3 rings (SSSR count). The Morgan fingerprint density at radius 3 is 2.62 bits per heavy atom. The van der Waals surface area contributed by atoms with Crippen LogP contribution in [0.25, 0.3) is 21.7 Å². The number of aromatic nitrogens is 1. The fourth-order valence-corrected chi connectivity index (χ4v) is 2.56. The largest absolute Gasteiger partial charge is 0.383 e. The third kappa shape index (κ3) is 2.69. The number of halogens is 1. The molecular formula is C17H15ClN2O. The highest BCUT2D eigenvalue weighted by Crippen LogP contribution is 2.20. The van der Waals surface area contributed by atoms with E-state index in [2.05, 4.69) is 24.1 Å². The van der Waals surface area contributed by atoms with E-state index in [1.807, 2.05) is 30.3 Å². The standard InChI is InChI=1S/C17H15ClN2O/c1-10(2)20-13-5-3-11-4-6-16-15(7-12(18)9-19-16)17(21)14(11)8-13/h3-10,20H,1-2H3. The average Bonchev–Trinajstić information content (AvgIpc) is 2.57. The van der Waals surface area contributed by atoms with E-state index in [0.717, 1.165) is 11.1 Å². The van der Waals surface area contributed by atoms with Crippen LogP contribution in [0.3, 0.4) is 0 Å². The van der Waals surface area contributed by atoms with Gasteiger partial charge in [0.2, 0.25) is 0 Å². The van der Waals surface area contributed by atoms with E-state index in [0.29, 0.717) is 27.4 Å². The lowest BCUT2D eigenvalue weighted by Gasteiger charge is -2.09. The number of benzene rings is 1. The van der Waals surface area contributed by atoms with Crippen molar-refractivity contribution < 1.29 is 0 Å². The summed E-state index contributed by atoms with van der Waals surface area (Å²) in [5.41, 5.74) is 1.54. The molecule has 21 heavy (non-hydrogen) atoms. The van der Waals surface area contributed by atoms with Gasteiger partial charge in [0, 0.05) is 28.7 Å². The van der Waals surface area contributed by atoms with Gasteiger partial charge in [0.15, 0.2) is 5.43 Å². The van der Waals surface area contributed by atoms with Crippen molar-refractivity contribution in [2.24, 2.45) is 0 Å². The third-order valence-corrected chi connectivity index (χ3v) is 3.51. The van der Waals surface area contributed by atoms with E-state index >= 15 is 0 Å². The summed E-state index contributed by atoms with van der Waals surface area (Å²) in [7, 11) is 0. The van der Waals surface area contributed by atoms with Gasteiger partial charge in [0.1, 0.15) is 0 Å². The number of pyridine rings is 1. The van der Waals surface area contributed by atoms with E-state index in [1.54, 1.807) is 12.3 Å². The minimum atomic E-state index is -0.0487. The average molecular weight is 299 g/mol. The highest BCUT2D eigenvalue weighted by Gasteiger charge is 2.05. The maximum Gasteiger partial charge on any atom is 0.195 e. The van der Waals surface area contributed by atoms with E-state index in [4.69, 9.17) is 11.6 Å². The topological polar surface area (TPSA) is 42.0 Å². The van der Waals surface area contributed by atoms with Gasteiger partial charge in [-0.25, -0.2) is 0 Å². The number of nitrogens with zero attached hydrogens (tertiary/aromatic N) is 1. The first-order chi connectivity index (χ1) is 10.0. The summed E-state index contributed by atoms with van der Waals surface area (Å²) in [5, 5.41) is 5.88. The molecule has 2 aromatic carbocycles. The summed E-state index contributed by atoms with van der Waals surface area (Å²) in [6.45, 7) is 4.12. The van der Waals surface area contributed by atoms with Crippen molar-refractivity contribution in [2.45, 2.75) is 19.9 Å². The quantitative estimate of drug-likeness (QED) is 0.770. The van der Waals surface area contributed by atoms with Crippen molar-refractivity contribution in [3.63, 3.8) is 0 Å². The van der Waals surface area contributed by atoms with Gasteiger partial charge in [-0.15, -0.1) is 0 Å². The molecule has 106 valence electrons. The minimum Gasteiger partial charge on any atom is -0.383 e. The summed E-state index contributed by atoms with van der Waals surface area (Å²) in [5.74, 6) is 0. The first-order valence-corrected chi connectivity index (χ1v) is 7.21. The van der Waals surface area contributed by atoms with Crippen molar-refractivity contribution in [3.05, 3.63) is 57.8 Å². The Hall–Kier alpha value is -2.13. The number of hydrogen-bond acceptors (Lipinski definition) is 3. The van der Waals surface area contributed by atoms with Crippen LogP contribution >= 0.6 is 11.6 Å². The van der Waals surface area contributed by atoms with Gasteiger partial charge in [0.25, 0.3) is 0 Å². The van der Waals surface area contributed by atoms with Crippen LogP contribution in [0.5, 0.6) is 0 Å². The molecule has 0 saturated heterocycles. The molecule has 1 N–H and O–H groups in total. The van der Waals surface area contributed by atoms with Crippen LogP contribution in [-0.4, -0.2) is 11.0 Å². The molecule has 0 fully saturated rings. The van der Waals surface area contributed by atoms with Gasteiger partial charge in [-0.05, 0) is 43.5 Å². The van der Waals surface area contributed by atoms with Crippen LogP contribution in [-0.2, 0) is 0 Å². The molecule has 1 aromatic heterocycles. The molecule has 0 radical (unpaired) electrons. The molecule has 0 bridgehead atoms. The van der Waals surface area contributed by atoms with Gasteiger partial charge in [-0.1, -0.05) is 23.7 Å². The highest BCUT2D eigenvalue weighted by atomic mass is 35.5. The predicted molar refractivity (Wildman–Crippen MR) is 89.3 cm³/mol. The van der Waals surface area contributed by atoms with E-state index in [-0.39, 0.29) is 5.43 Å². The molecule has 0 spiro atoms. The van der Waals surface area contributed by atoms with Gasteiger partial charge >= 0.3 is 0 Å². The molecule has 1 heterocycles. The second kappa shape index (κ2) is 5.34. The Balaban J connectivity index is 2.37. The zero-order chi connectivity index (χ0) is 15.0. The number of fused-ring (bicyclic) bond motifs is 2. The molecule has 0 aliphatic carbocycles. The zero-order valence-electron chi connectivity index (χ0n) is 11.9. The molecule has 0 atom stereocenters. The molecule has 0 aliphatic rings. The lowest BCUT2D eigenvalue weighted by Crippen LogP contribution is -2.10. The SMILES string of the molecule is CC(C)Nc1ccc2ccc3ncc(Cl)cc3c(=O)c2c1. The summed E-state index contributed by atoms with van der Waals surface area (Å²) in [4.78, 5) is 17.0. The maximum absolute atomic E-state index is 12.8. The maximum atomic E-state index is 12.8. The Labute approximate surface area is 127 Å². The van der Waals surface area contributed by atoms with Crippen molar-refractivity contribution in [2.75, 3.05) is 5.32 Å². The van der Waals surface area contributed by atoms with Gasteiger partial charge < -0.3 is 5.32 Å². The molecular weight excluding hydrogens is 284 g/mol. The number of hydrogen-bond donors (Lipinski definition) is 1. The molecule has 3 aromatic rings.